The zero-order chi connectivity index (χ0) is 12.1. The van der Waals surface area contributed by atoms with Gasteiger partial charge in [0.1, 0.15) is 0 Å². The molecule has 17 heavy (non-hydrogen) atoms. The Kier molecular flexibility index (Phi) is 4.37. The number of nitrogens with one attached hydrogen (secondary N) is 1. The third-order valence-corrected chi connectivity index (χ3v) is 3.68. The van der Waals surface area contributed by atoms with Crippen LogP contribution in [0.3, 0.4) is 0 Å². The van der Waals surface area contributed by atoms with Crippen LogP contribution in [0.1, 0.15) is 44.7 Å². The molecule has 2 heterocycles. The van der Waals surface area contributed by atoms with Crippen molar-refractivity contribution in [1.82, 2.24) is 14.9 Å². The monoisotopic (exact) mass is 233 g/mol. The minimum absolute atomic E-state index is 0.653. The first-order chi connectivity index (χ1) is 8.35. The van der Waals surface area contributed by atoms with Crippen molar-refractivity contribution < 1.29 is 0 Å². The summed E-state index contributed by atoms with van der Waals surface area (Å²) in [6, 6.07) is 0. The Labute approximate surface area is 104 Å². The highest BCUT2D eigenvalue weighted by molar-refractivity contribution is 5.12. The van der Waals surface area contributed by atoms with Gasteiger partial charge in [0, 0.05) is 30.9 Å². The van der Waals surface area contributed by atoms with Gasteiger partial charge in [-0.15, -0.1) is 0 Å². The second-order valence-electron chi connectivity index (χ2n) is 4.78. The van der Waals surface area contributed by atoms with Gasteiger partial charge in [0.25, 0.3) is 0 Å². The van der Waals surface area contributed by atoms with Gasteiger partial charge in [0.15, 0.2) is 0 Å². The Bertz CT molecular complexity index is 375. The molecule has 0 atom stereocenters. The summed E-state index contributed by atoms with van der Waals surface area (Å²) in [5.41, 5.74) is 2.93. The second-order valence-corrected chi connectivity index (χ2v) is 4.78. The Morgan fingerprint density at radius 3 is 2.88 bits per heavy atom. The summed E-state index contributed by atoms with van der Waals surface area (Å²) in [7, 11) is 0. The standard InChI is InChI=1S/C14H23N3/c1-3-13(4-2)14-9-16-11-17(14)10-12-5-7-15-8-6-12/h5,9,11,13,15H,3-4,6-8,10H2,1-2H3. The van der Waals surface area contributed by atoms with E-state index in [1.54, 1.807) is 0 Å². The van der Waals surface area contributed by atoms with E-state index in [0.29, 0.717) is 5.92 Å². The van der Waals surface area contributed by atoms with Crippen LogP contribution in [0.2, 0.25) is 0 Å². The summed E-state index contributed by atoms with van der Waals surface area (Å²) in [5, 5.41) is 3.35. The van der Waals surface area contributed by atoms with Crippen LogP contribution in [-0.2, 0) is 6.54 Å². The van der Waals surface area contributed by atoms with Crippen molar-refractivity contribution in [3.8, 4) is 0 Å². The largest absolute Gasteiger partial charge is 0.330 e. The van der Waals surface area contributed by atoms with Gasteiger partial charge in [0.05, 0.1) is 6.33 Å². The van der Waals surface area contributed by atoms with E-state index < -0.39 is 0 Å². The fraction of sp³-hybridized carbons (Fsp3) is 0.643. The number of hydrogen-bond acceptors (Lipinski definition) is 2. The smallest absolute Gasteiger partial charge is 0.0951 e. The van der Waals surface area contributed by atoms with Gasteiger partial charge < -0.3 is 9.88 Å². The summed E-state index contributed by atoms with van der Waals surface area (Å²) in [4.78, 5) is 4.32. The molecular formula is C14H23N3. The van der Waals surface area contributed by atoms with Crippen LogP contribution in [0, 0.1) is 0 Å². The fourth-order valence-corrected chi connectivity index (χ4v) is 2.54. The van der Waals surface area contributed by atoms with E-state index in [9.17, 15) is 0 Å². The lowest BCUT2D eigenvalue weighted by Gasteiger charge is -2.19. The summed E-state index contributed by atoms with van der Waals surface area (Å²) in [5.74, 6) is 0.653. The number of nitrogens with zero attached hydrogens (tertiary/aromatic N) is 2. The molecule has 1 aliphatic rings. The highest BCUT2D eigenvalue weighted by Gasteiger charge is 2.13. The quantitative estimate of drug-likeness (QED) is 0.792. The third kappa shape index (κ3) is 2.97. The molecule has 0 fully saturated rings. The van der Waals surface area contributed by atoms with Gasteiger partial charge in [-0.3, -0.25) is 0 Å². The predicted octanol–water partition coefficient (Wildman–Crippen LogP) is 2.71. The highest BCUT2D eigenvalue weighted by atomic mass is 15.0. The molecular weight excluding hydrogens is 210 g/mol. The van der Waals surface area contributed by atoms with Crippen molar-refractivity contribution in [3.05, 3.63) is 29.9 Å². The Balaban J connectivity index is 2.10. The Morgan fingerprint density at radius 1 is 1.41 bits per heavy atom. The number of hydrogen-bond donors (Lipinski definition) is 1. The predicted molar refractivity (Wildman–Crippen MR) is 71.1 cm³/mol. The maximum absolute atomic E-state index is 4.32. The Morgan fingerprint density at radius 2 is 2.24 bits per heavy atom. The summed E-state index contributed by atoms with van der Waals surface area (Å²) >= 11 is 0. The molecule has 0 unspecified atom stereocenters. The van der Waals surface area contributed by atoms with E-state index in [-0.39, 0.29) is 0 Å². The van der Waals surface area contributed by atoms with Crippen LogP contribution in [0.5, 0.6) is 0 Å². The van der Waals surface area contributed by atoms with Gasteiger partial charge in [-0.05, 0) is 25.8 Å². The van der Waals surface area contributed by atoms with Crippen molar-refractivity contribution in [1.29, 1.82) is 0 Å². The first-order valence-corrected chi connectivity index (χ1v) is 6.73. The van der Waals surface area contributed by atoms with Gasteiger partial charge in [-0.2, -0.15) is 0 Å². The van der Waals surface area contributed by atoms with Crippen molar-refractivity contribution in [3.63, 3.8) is 0 Å². The van der Waals surface area contributed by atoms with E-state index in [1.165, 1.54) is 30.5 Å². The second kappa shape index (κ2) is 6.01. The SMILES string of the molecule is CCC(CC)c1cncn1CC1=CCNCC1. The minimum atomic E-state index is 0.653. The fourth-order valence-electron chi connectivity index (χ4n) is 2.54. The third-order valence-electron chi connectivity index (χ3n) is 3.68. The molecule has 1 aliphatic heterocycles. The lowest BCUT2D eigenvalue weighted by Crippen LogP contribution is -2.22. The topological polar surface area (TPSA) is 29.9 Å². The van der Waals surface area contributed by atoms with E-state index in [0.717, 1.165) is 19.6 Å². The maximum Gasteiger partial charge on any atom is 0.0951 e. The Hall–Kier alpha value is -1.09. The van der Waals surface area contributed by atoms with Crippen LogP contribution in [0.4, 0.5) is 0 Å². The summed E-state index contributed by atoms with van der Waals surface area (Å²) in [6.45, 7) is 7.67. The molecule has 1 aromatic rings. The summed E-state index contributed by atoms with van der Waals surface area (Å²) in [6.07, 6.45) is 9.90. The van der Waals surface area contributed by atoms with E-state index in [2.05, 4.69) is 34.8 Å². The van der Waals surface area contributed by atoms with Gasteiger partial charge in [0.2, 0.25) is 0 Å². The molecule has 1 aromatic heterocycles. The molecule has 94 valence electrons. The average molecular weight is 233 g/mol. The molecule has 0 radical (unpaired) electrons. The normalized spacial score (nSPS) is 16.3. The zero-order valence-electron chi connectivity index (χ0n) is 10.9. The van der Waals surface area contributed by atoms with Gasteiger partial charge >= 0.3 is 0 Å². The summed E-state index contributed by atoms with van der Waals surface area (Å²) < 4.78 is 2.33. The number of imidazole rings is 1. The molecule has 2 rings (SSSR count). The van der Waals surface area contributed by atoms with Crippen molar-refractivity contribution >= 4 is 0 Å². The zero-order valence-corrected chi connectivity index (χ0v) is 10.9. The van der Waals surface area contributed by atoms with Crippen molar-refractivity contribution in [2.75, 3.05) is 13.1 Å². The first-order valence-electron chi connectivity index (χ1n) is 6.73. The van der Waals surface area contributed by atoms with Gasteiger partial charge in [-0.25, -0.2) is 4.98 Å². The van der Waals surface area contributed by atoms with Crippen molar-refractivity contribution in [2.24, 2.45) is 0 Å². The molecule has 0 amide bonds. The molecule has 0 spiro atoms. The van der Waals surface area contributed by atoms with Gasteiger partial charge in [-0.1, -0.05) is 25.5 Å². The number of aromatic nitrogens is 2. The molecule has 0 aromatic carbocycles. The maximum atomic E-state index is 4.32. The number of rotatable bonds is 5. The lowest BCUT2D eigenvalue weighted by molar-refractivity contribution is 0.568. The van der Waals surface area contributed by atoms with E-state index in [1.807, 2.05) is 12.5 Å². The first kappa shape index (κ1) is 12.4. The molecule has 0 saturated heterocycles. The molecule has 1 N–H and O–H groups in total. The van der Waals surface area contributed by atoms with Crippen LogP contribution in [-0.4, -0.2) is 22.6 Å². The van der Waals surface area contributed by atoms with Crippen LogP contribution in [0.15, 0.2) is 24.2 Å². The lowest BCUT2D eigenvalue weighted by atomic mass is 9.99. The molecule has 3 heteroatoms. The van der Waals surface area contributed by atoms with Crippen LogP contribution in [0.25, 0.3) is 0 Å². The van der Waals surface area contributed by atoms with E-state index in [4.69, 9.17) is 0 Å². The van der Waals surface area contributed by atoms with Crippen LogP contribution >= 0.6 is 0 Å². The molecule has 0 saturated carbocycles. The molecule has 3 nitrogen and oxygen atoms in total. The minimum Gasteiger partial charge on any atom is -0.330 e. The molecule has 0 aliphatic carbocycles. The average Bonchev–Trinajstić information content (AvgIpc) is 2.81. The molecule has 0 bridgehead atoms. The highest BCUT2D eigenvalue weighted by Crippen LogP contribution is 2.23. The van der Waals surface area contributed by atoms with E-state index >= 15 is 0 Å². The van der Waals surface area contributed by atoms with Crippen molar-refractivity contribution in [2.45, 2.75) is 45.6 Å². The van der Waals surface area contributed by atoms with Crippen LogP contribution < -0.4 is 5.32 Å².